The predicted molar refractivity (Wildman–Crippen MR) is 86.0 cm³/mol. The van der Waals surface area contributed by atoms with Crippen LogP contribution in [-0.4, -0.2) is 9.97 Å². The van der Waals surface area contributed by atoms with Crippen LogP contribution in [0.2, 0.25) is 5.28 Å². The van der Waals surface area contributed by atoms with Crippen LogP contribution < -0.4 is 4.74 Å². The number of halogens is 2. The second kappa shape index (κ2) is 5.68. The Bertz CT molecular complexity index is 758. The minimum Gasteiger partial charge on any atom is -0.438 e. The number of aromatic nitrogens is 2. The van der Waals surface area contributed by atoms with E-state index in [4.69, 9.17) is 16.3 Å². The number of aryl methyl sites for hydroxylation is 1. The van der Waals surface area contributed by atoms with Crippen LogP contribution in [-0.2, 0) is 6.42 Å². The molecule has 0 spiro atoms. The van der Waals surface area contributed by atoms with Gasteiger partial charge < -0.3 is 4.74 Å². The first kappa shape index (κ1) is 13.8. The standard InChI is InChI=1S/C14H10BrClN2OS/c1-2-10-7-11-12(17-14(16)18-13(11)20-10)19-9-5-3-8(15)4-6-9/h3-7H,2H2,1H3. The van der Waals surface area contributed by atoms with E-state index in [0.717, 1.165) is 21.1 Å². The van der Waals surface area contributed by atoms with Crippen molar-refractivity contribution >= 4 is 49.1 Å². The zero-order chi connectivity index (χ0) is 14.1. The van der Waals surface area contributed by atoms with Crippen LogP contribution in [0.1, 0.15) is 11.8 Å². The number of ether oxygens (including phenoxy) is 1. The van der Waals surface area contributed by atoms with E-state index >= 15 is 0 Å². The maximum absolute atomic E-state index is 5.96. The molecule has 3 nitrogen and oxygen atoms in total. The molecule has 0 N–H and O–H groups in total. The van der Waals surface area contributed by atoms with E-state index in [1.54, 1.807) is 11.3 Å². The number of nitrogens with zero attached hydrogens (tertiary/aromatic N) is 2. The number of benzene rings is 1. The van der Waals surface area contributed by atoms with E-state index in [1.807, 2.05) is 24.3 Å². The Morgan fingerprint density at radius 1 is 1.25 bits per heavy atom. The second-order valence-corrected chi connectivity index (χ2v) is 6.51. The summed E-state index contributed by atoms with van der Waals surface area (Å²) in [7, 11) is 0. The Morgan fingerprint density at radius 3 is 2.70 bits per heavy atom. The molecule has 20 heavy (non-hydrogen) atoms. The summed E-state index contributed by atoms with van der Waals surface area (Å²) >= 11 is 11.0. The molecule has 0 aliphatic rings. The van der Waals surface area contributed by atoms with Gasteiger partial charge in [0.1, 0.15) is 10.6 Å². The van der Waals surface area contributed by atoms with Gasteiger partial charge in [-0.25, -0.2) is 4.98 Å². The largest absolute Gasteiger partial charge is 0.438 e. The van der Waals surface area contributed by atoms with Crippen LogP contribution in [0, 0.1) is 0 Å². The lowest BCUT2D eigenvalue weighted by Crippen LogP contribution is -1.90. The number of thiophene rings is 1. The fraction of sp³-hybridized carbons (Fsp3) is 0.143. The summed E-state index contributed by atoms with van der Waals surface area (Å²) in [5.74, 6) is 1.21. The minimum absolute atomic E-state index is 0.203. The van der Waals surface area contributed by atoms with Crippen molar-refractivity contribution in [2.45, 2.75) is 13.3 Å². The number of fused-ring (bicyclic) bond motifs is 1. The summed E-state index contributed by atoms with van der Waals surface area (Å²) in [6, 6.07) is 9.64. The molecule has 0 fully saturated rings. The van der Waals surface area contributed by atoms with E-state index in [0.29, 0.717) is 11.6 Å². The van der Waals surface area contributed by atoms with Crippen molar-refractivity contribution in [3.63, 3.8) is 0 Å². The molecule has 0 atom stereocenters. The first-order valence-electron chi connectivity index (χ1n) is 6.05. The molecule has 0 aliphatic carbocycles. The lowest BCUT2D eigenvalue weighted by Gasteiger charge is -2.05. The SMILES string of the molecule is CCc1cc2c(Oc3ccc(Br)cc3)nc(Cl)nc2s1. The van der Waals surface area contributed by atoms with Gasteiger partial charge in [-0.1, -0.05) is 22.9 Å². The van der Waals surface area contributed by atoms with Crippen LogP contribution in [0.25, 0.3) is 10.2 Å². The second-order valence-electron chi connectivity index (χ2n) is 4.14. The Balaban J connectivity index is 2.05. The first-order chi connectivity index (χ1) is 9.65. The molecule has 0 unspecified atom stereocenters. The molecular weight excluding hydrogens is 360 g/mol. The van der Waals surface area contributed by atoms with Crippen molar-refractivity contribution in [1.29, 1.82) is 0 Å². The fourth-order valence-corrected chi connectivity index (χ4v) is 3.22. The predicted octanol–water partition coefficient (Wildman–Crippen LogP) is 5.46. The first-order valence-corrected chi connectivity index (χ1v) is 8.04. The van der Waals surface area contributed by atoms with Gasteiger partial charge in [-0.3, -0.25) is 0 Å². The highest BCUT2D eigenvalue weighted by molar-refractivity contribution is 9.10. The van der Waals surface area contributed by atoms with Crippen LogP contribution in [0.5, 0.6) is 11.6 Å². The van der Waals surface area contributed by atoms with Gasteiger partial charge >= 0.3 is 0 Å². The Kier molecular flexibility index (Phi) is 3.92. The topological polar surface area (TPSA) is 35.0 Å². The van der Waals surface area contributed by atoms with Gasteiger partial charge in [-0.05, 0) is 48.4 Å². The van der Waals surface area contributed by atoms with Gasteiger partial charge in [0.05, 0.1) is 5.39 Å². The van der Waals surface area contributed by atoms with Gasteiger partial charge in [-0.2, -0.15) is 4.98 Å². The highest BCUT2D eigenvalue weighted by atomic mass is 79.9. The van der Waals surface area contributed by atoms with Gasteiger partial charge in [-0.15, -0.1) is 11.3 Å². The van der Waals surface area contributed by atoms with Crippen molar-refractivity contribution in [3.05, 3.63) is 45.0 Å². The van der Waals surface area contributed by atoms with Gasteiger partial charge in [0, 0.05) is 9.35 Å². The van der Waals surface area contributed by atoms with Crippen LogP contribution in [0.3, 0.4) is 0 Å². The third kappa shape index (κ3) is 2.80. The normalized spacial score (nSPS) is 10.9. The summed E-state index contributed by atoms with van der Waals surface area (Å²) in [6.45, 7) is 2.11. The molecule has 0 aliphatic heterocycles. The van der Waals surface area contributed by atoms with E-state index in [2.05, 4.69) is 38.9 Å². The van der Waals surface area contributed by atoms with Crippen molar-refractivity contribution in [2.75, 3.05) is 0 Å². The maximum atomic E-state index is 5.96. The van der Waals surface area contributed by atoms with Gasteiger partial charge in [0.15, 0.2) is 0 Å². The molecule has 0 radical (unpaired) electrons. The van der Waals surface area contributed by atoms with Crippen molar-refractivity contribution in [1.82, 2.24) is 9.97 Å². The van der Waals surface area contributed by atoms with Gasteiger partial charge in [0.25, 0.3) is 0 Å². The Labute approximate surface area is 133 Å². The molecule has 3 rings (SSSR count). The van der Waals surface area contributed by atoms with E-state index in [9.17, 15) is 0 Å². The molecule has 6 heteroatoms. The molecule has 3 aromatic rings. The zero-order valence-corrected chi connectivity index (χ0v) is 13.7. The number of hydrogen-bond donors (Lipinski definition) is 0. The van der Waals surface area contributed by atoms with E-state index in [-0.39, 0.29) is 5.28 Å². The number of rotatable bonds is 3. The molecular formula is C14H10BrClN2OS. The molecule has 0 saturated heterocycles. The summed E-state index contributed by atoms with van der Waals surface area (Å²) in [5, 5.41) is 1.10. The Morgan fingerprint density at radius 2 is 2.00 bits per heavy atom. The molecule has 2 heterocycles. The molecule has 0 saturated carbocycles. The van der Waals surface area contributed by atoms with Crippen LogP contribution in [0.15, 0.2) is 34.8 Å². The summed E-state index contributed by atoms with van der Waals surface area (Å²) < 4.78 is 6.84. The van der Waals surface area contributed by atoms with E-state index < -0.39 is 0 Å². The highest BCUT2D eigenvalue weighted by Gasteiger charge is 2.12. The summed E-state index contributed by atoms with van der Waals surface area (Å²) in [5.41, 5.74) is 0. The lowest BCUT2D eigenvalue weighted by molar-refractivity contribution is 0.468. The Hall–Kier alpha value is -1.17. The third-order valence-electron chi connectivity index (χ3n) is 2.76. The molecule has 0 bridgehead atoms. The van der Waals surface area contributed by atoms with Crippen LogP contribution in [0.4, 0.5) is 0 Å². The maximum Gasteiger partial charge on any atom is 0.232 e. The van der Waals surface area contributed by atoms with Crippen molar-refractivity contribution in [3.8, 4) is 11.6 Å². The fourth-order valence-electron chi connectivity index (χ4n) is 1.79. The molecule has 1 aromatic carbocycles. The quantitative estimate of drug-likeness (QED) is 0.575. The third-order valence-corrected chi connectivity index (χ3v) is 4.63. The zero-order valence-electron chi connectivity index (χ0n) is 10.6. The summed E-state index contributed by atoms with van der Waals surface area (Å²) in [6.07, 6.45) is 0.955. The monoisotopic (exact) mass is 368 g/mol. The smallest absolute Gasteiger partial charge is 0.232 e. The lowest BCUT2D eigenvalue weighted by atomic mass is 10.3. The highest BCUT2D eigenvalue weighted by Crippen LogP contribution is 2.34. The summed E-state index contributed by atoms with van der Waals surface area (Å²) in [4.78, 5) is 10.5. The average Bonchev–Trinajstić information content (AvgIpc) is 2.84. The van der Waals surface area contributed by atoms with Crippen molar-refractivity contribution < 1.29 is 4.74 Å². The van der Waals surface area contributed by atoms with Crippen molar-refractivity contribution in [2.24, 2.45) is 0 Å². The molecule has 0 amide bonds. The van der Waals surface area contributed by atoms with Crippen LogP contribution >= 0.6 is 38.9 Å². The van der Waals surface area contributed by atoms with E-state index in [1.165, 1.54) is 4.88 Å². The number of hydrogen-bond acceptors (Lipinski definition) is 4. The molecule has 102 valence electrons. The minimum atomic E-state index is 0.203. The molecule has 2 aromatic heterocycles. The van der Waals surface area contributed by atoms with Gasteiger partial charge in [0.2, 0.25) is 11.2 Å². The average molecular weight is 370 g/mol.